The maximum atomic E-state index is 10.7. The van der Waals surface area contributed by atoms with Crippen molar-refractivity contribution in [2.45, 2.75) is 26.7 Å². The quantitative estimate of drug-likeness (QED) is 0.757. The summed E-state index contributed by atoms with van der Waals surface area (Å²) in [5.74, 6) is -0.391. The zero-order valence-electron chi connectivity index (χ0n) is 11.1. The number of nitrogens with one attached hydrogen (secondary N) is 1. The summed E-state index contributed by atoms with van der Waals surface area (Å²) < 4.78 is 0. The SMILES string of the molecule is Cc1ccc(CCNCC2CC2C(=O)O)cc1C. The van der Waals surface area contributed by atoms with E-state index < -0.39 is 5.97 Å². The molecule has 2 rings (SSSR count). The Balaban J connectivity index is 1.67. The lowest BCUT2D eigenvalue weighted by Gasteiger charge is -2.06. The maximum absolute atomic E-state index is 10.7. The first kappa shape index (κ1) is 13.1. The van der Waals surface area contributed by atoms with Gasteiger partial charge in [-0.25, -0.2) is 0 Å². The Morgan fingerprint density at radius 2 is 2.17 bits per heavy atom. The minimum absolute atomic E-state index is 0.0980. The molecule has 98 valence electrons. The summed E-state index contributed by atoms with van der Waals surface area (Å²) in [7, 11) is 0. The van der Waals surface area contributed by atoms with Crippen molar-refractivity contribution >= 4 is 5.97 Å². The van der Waals surface area contributed by atoms with E-state index >= 15 is 0 Å². The molecule has 1 fully saturated rings. The van der Waals surface area contributed by atoms with Gasteiger partial charge in [-0.3, -0.25) is 4.79 Å². The molecular formula is C15H21NO2. The molecule has 0 heterocycles. The molecule has 1 saturated carbocycles. The Hall–Kier alpha value is -1.35. The van der Waals surface area contributed by atoms with Gasteiger partial charge in [0.2, 0.25) is 0 Å². The Bertz CT molecular complexity index is 442. The number of rotatable bonds is 6. The molecule has 0 radical (unpaired) electrons. The highest BCUT2D eigenvalue weighted by atomic mass is 16.4. The first-order chi connectivity index (χ1) is 8.58. The fraction of sp³-hybridized carbons (Fsp3) is 0.533. The van der Waals surface area contributed by atoms with Gasteiger partial charge < -0.3 is 10.4 Å². The van der Waals surface area contributed by atoms with E-state index in [2.05, 4.69) is 37.4 Å². The van der Waals surface area contributed by atoms with Gasteiger partial charge in [-0.15, -0.1) is 0 Å². The summed E-state index contributed by atoms with van der Waals surface area (Å²) in [6, 6.07) is 6.56. The van der Waals surface area contributed by atoms with E-state index in [0.717, 1.165) is 25.9 Å². The molecule has 0 aromatic heterocycles. The molecule has 2 atom stereocenters. The summed E-state index contributed by atoms with van der Waals surface area (Å²) >= 11 is 0. The minimum Gasteiger partial charge on any atom is -0.481 e. The lowest BCUT2D eigenvalue weighted by molar-refractivity contribution is -0.138. The molecule has 18 heavy (non-hydrogen) atoms. The fourth-order valence-corrected chi connectivity index (χ4v) is 2.25. The molecule has 2 N–H and O–H groups in total. The van der Waals surface area contributed by atoms with Crippen LogP contribution in [0.15, 0.2) is 18.2 Å². The second-order valence-electron chi connectivity index (χ2n) is 5.31. The van der Waals surface area contributed by atoms with E-state index in [9.17, 15) is 4.79 Å². The van der Waals surface area contributed by atoms with Crippen LogP contribution in [0.25, 0.3) is 0 Å². The van der Waals surface area contributed by atoms with Gasteiger partial charge in [0, 0.05) is 0 Å². The van der Waals surface area contributed by atoms with Gasteiger partial charge in [-0.05, 0) is 62.4 Å². The smallest absolute Gasteiger partial charge is 0.306 e. The normalized spacial score (nSPS) is 21.9. The van der Waals surface area contributed by atoms with Crippen LogP contribution < -0.4 is 5.32 Å². The van der Waals surface area contributed by atoms with Gasteiger partial charge in [-0.1, -0.05) is 18.2 Å². The van der Waals surface area contributed by atoms with E-state index in [-0.39, 0.29) is 5.92 Å². The number of carbonyl (C=O) groups is 1. The molecule has 1 aliphatic carbocycles. The Kier molecular flexibility index (Phi) is 4.02. The lowest BCUT2D eigenvalue weighted by atomic mass is 10.0. The van der Waals surface area contributed by atoms with E-state index in [1.807, 2.05) is 0 Å². The number of aryl methyl sites for hydroxylation is 2. The van der Waals surface area contributed by atoms with Crippen LogP contribution in [-0.4, -0.2) is 24.2 Å². The Labute approximate surface area is 108 Å². The van der Waals surface area contributed by atoms with Crippen LogP contribution in [0.2, 0.25) is 0 Å². The predicted molar refractivity (Wildman–Crippen MR) is 71.7 cm³/mol. The van der Waals surface area contributed by atoms with E-state index in [1.165, 1.54) is 16.7 Å². The van der Waals surface area contributed by atoms with Crippen molar-refractivity contribution in [2.75, 3.05) is 13.1 Å². The maximum Gasteiger partial charge on any atom is 0.306 e. The highest BCUT2D eigenvalue weighted by Gasteiger charge is 2.42. The van der Waals surface area contributed by atoms with Crippen LogP contribution in [0.3, 0.4) is 0 Å². The zero-order valence-corrected chi connectivity index (χ0v) is 11.1. The van der Waals surface area contributed by atoms with Crippen LogP contribution in [0, 0.1) is 25.7 Å². The molecule has 2 unspecified atom stereocenters. The summed E-state index contributed by atoms with van der Waals surface area (Å²) in [5.41, 5.74) is 4.01. The van der Waals surface area contributed by atoms with Crippen LogP contribution >= 0.6 is 0 Å². The third kappa shape index (κ3) is 3.33. The number of carboxylic acids is 1. The fourth-order valence-electron chi connectivity index (χ4n) is 2.25. The zero-order chi connectivity index (χ0) is 13.1. The van der Waals surface area contributed by atoms with Crippen LogP contribution in [0.4, 0.5) is 0 Å². The first-order valence-corrected chi connectivity index (χ1v) is 6.57. The average Bonchev–Trinajstić information content (AvgIpc) is 3.09. The van der Waals surface area contributed by atoms with Crippen molar-refractivity contribution < 1.29 is 9.90 Å². The largest absolute Gasteiger partial charge is 0.481 e. The van der Waals surface area contributed by atoms with Crippen molar-refractivity contribution in [1.29, 1.82) is 0 Å². The highest BCUT2D eigenvalue weighted by Crippen LogP contribution is 2.37. The number of benzene rings is 1. The van der Waals surface area contributed by atoms with Crippen molar-refractivity contribution in [3.63, 3.8) is 0 Å². The van der Waals surface area contributed by atoms with Crippen LogP contribution in [-0.2, 0) is 11.2 Å². The molecule has 0 spiro atoms. The summed E-state index contributed by atoms with van der Waals surface area (Å²) in [5, 5.41) is 12.1. The first-order valence-electron chi connectivity index (χ1n) is 6.57. The van der Waals surface area contributed by atoms with Crippen molar-refractivity contribution in [1.82, 2.24) is 5.32 Å². The third-order valence-electron chi connectivity index (χ3n) is 3.81. The molecule has 3 heteroatoms. The number of carboxylic acid groups (broad SMARTS) is 1. The van der Waals surface area contributed by atoms with Crippen LogP contribution in [0.5, 0.6) is 0 Å². The van der Waals surface area contributed by atoms with Crippen LogP contribution in [0.1, 0.15) is 23.1 Å². The predicted octanol–water partition coefficient (Wildman–Crippen LogP) is 2.16. The summed E-state index contributed by atoms with van der Waals surface area (Å²) in [6.07, 6.45) is 1.84. The molecule has 0 amide bonds. The molecule has 1 aromatic carbocycles. The van der Waals surface area contributed by atoms with Crippen molar-refractivity contribution in [3.8, 4) is 0 Å². The van der Waals surface area contributed by atoms with Gasteiger partial charge in [0.25, 0.3) is 0 Å². The highest BCUT2D eigenvalue weighted by molar-refractivity contribution is 5.73. The molecule has 0 aliphatic heterocycles. The van der Waals surface area contributed by atoms with Gasteiger partial charge in [0.05, 0.1) is 5.92 Å². The lowest BCUT2D eigenvalue weighted by Crippen LogP contribution is -2.21. The molecule has 1 aromatic rings. The number of aliphatic carboxylic acids is 1. The molecule has 0 bridgehead atoms. The third-order valence-corrected chi connectivity index (χ3v) is 3.81. The molecule has 3 nitrogen and oxygen atoms in total. The number of hydrogen-bond acceptors (Lipinski definition) is 2. The second-order valence-corrected chi connectivity index (χ2v) is 5.31. The Morgan fingerprint density at radius 3 is 2.78 bits per heavy atom. The standard InChI is InChI=1S/C15H21NO2/c1-10-3-4-12(7-11(10)2)5-6-16-9-13-8-14(13)15(17)18/h3-4,7,13-14,16H,5-6,8-9H2,1-2H3,(H,17,18). The number of hydrogen-bond donors (Lipinski definition) is 2. The van der Waals surface area contributed by atoms with E-state index in [1.54, 1.807) is 0 Å². The van der Waals surface area contributed by atoms with Crippen molar-refractivity contribution in [3.05, 3.63) is 34.9 Å². The van der Waals surface area contributed by atoms with Crippen molar-refractivity contribution in [2.24, 2.45) is 11.8 Å². The Morgan fingerprint density at radius 1 is 1.39 bits per heavy atom. The van der Waals surface area contributed by atoms with Gasteiger partial charge in [0.1, 0.15) is 0 Å². The molecular weight excluding hydrogens is 226 g/mol. The minimum atomic E-state index is -0.643. The van der Waals surface area contributed by atoms with Gasteiger partial charge in [-0.2, -0.15) is 0 Å². The van der Waals surface area contributed by atoms with Gasteiger partial charge in [0.15, 0.2) is 0 Å². The average molecular weight is 247 g/mol. The van der Waals surface area contributed by atoms with Gasteiger partial charge >= 0.3 is 5.97 Å². The monoisotopic (exact) mass is 247 g/mol. The molecule has 1 aliphatic rings. The topological polar surface area (TPSA) is 49.3 Å². The second kappa shape index (κ2) is 5.53. The van der Waals surface area contributed by atoms with E-state index in [4.69, 9.17) is 5.11 Å². The van der Waals surface area contributed by atoms with E-state index in [0.29, 0.717) is 5.92 Å². The summed E-state index contributed by atoms with van der Waals surface area (Å²) in [6.45, 7) is 6.01. The summed E-state index contributed by atoms with van der Waals surface area (Å²) in [4.78, 5) is 10.7. The molecule has 0 saturated heterocycles.